The van der Waals surface area contributed by atoms with Gasteiger partial charge in [-0.15, -0.1) is 0 Å². The fourth-order valence-electron chi connectivity index (χ4n) is 6.90. The molecule has 8 nitrogen and oxygen atoms in total. The Hall–Kier alpha value is -3.44. The van der Waals surface area contributed by atoms with Crippen molar-refractivity contribution in [2.45, 2.75) is 48.9 Å². The van der Waals surface area contributed by atoms with E-state index in [0.717, 1.165) is 0 Å². The molecule has 0 radical (unpaired) electrons. The van der Waals surface area contributed by atoms with E-state index in [-0.39, 0.29) is 27.6 Å². The monoisotopic (exact) mass is 630 g/mol. The summed E-state index contributed by atoms with van der Waals surface area (Å²) < 4.78 is 35.7. The number of nitrogens with two attached hydrogens (primary N) is 1. The third kappa shape index (κ3) is 4.81. The number of primary amides is 1. The van der Waals surface area contributed by atoms with Crippen molar-refractivity contribution in [1.82, 2.24) is 5.32 Å². The van der Waals surface area contributed by atoms with Crippen molar-refractivity contribution < 1.29 is 28.2 Å². The number of aliphatic hydroxyl groups is 1. The van der Waals surface area contributed by atoms with Gasteiger partial charge in [0.25, 0.3) is 0 Å². The first-order valence-electron chi connectivity index (χ1n) is 13.8. The normalized spacial score (nSPS) is 26.6. The first kappa shape index (κ1) is 29.6. The van der Waals surface area contributed by atoms with Crippen molar-refractivity contribution in [3.8, 4) is 5.75 Å². The van der Waals surface area contributed by atoms with Crippen LogP contribution in [0, 0.1) is 11.2 Å². The van der Waals surface area contributed by atoms with Crippen LogP contribution in [0.25, 0.3) is 0 Å². The number of alkyl halides is 1. The van der Waals surface area contributed by atoms with E-state index in [0.29, 0.717) is 35.5 Å². The predicted molar refractivity (Wildman–Crippen MR) is 160 cm³/mol. The van der Waals surface area contributed by atoms with Crippen molar-refractivity contribution in [1.29, 1.82) is 0 Å². The van der Waals surface area contributed by atoms with Gasteiger partial charge < -0.3 is 31.5 Å². The van der Waals surface area contributed by atoms with Crippen LogP contribution >= 0.6 is 23.2 Å². The van der Waals surface area contributed by atoms with Crippen molar-refractivity contribution in [3.05, 3.63) is 87.2 Å². The van der Waals surface area contributed by atoms with Crippen molar-refractivity contribution in [2.75, 3.05) is 24.4 Å². The maximum absolute atomic E-state index is 16.0. The number of hydrogen-bond donors (Lipinski definition) is 5. The number of anilines is 2. The van der Waals surface area contributed by atoms with E-state index in [4.69, 9.17) is 33.7 Å². The Morgan fingerprint density at radius 3 is 2.60 bits per heavy atom. The Bertz CT molecular complexity index is 1620. The molecule has 3 aromatic rings. The zero-order valence-electron chi connectivity index (χ0n) is 23.1. The SMILES string of the molecule is COc1cc(C(N)=O)ccc1NC(=O)[C@@H]1N[C@@H](CC2(CF)CC2)C2(c3ccc(Cl)cc3NC2O)[C@H]1c1cccc(Cl)c1F. The molecule has 43 heavy (non-hydrogen) atoms. The summed E-state index contributed by atoms with van der Waals surface area (Å²) in [6.45, 7) is -0.561. The molecule has 2 amide bonds. The molecule has 6 N–H and O–H groups in total. The van der Waals surface area contributed by atoms with Crippen LogP contribution in [0.5, 0.6) is 5.75 Å². The van der Waals surface area contributed by atoms with Crippen LogP contribution in [0.4, 0.5) is 20.2 Å². The smallest absolute Gasteiger partial charge is 0.248 e. The summed E-state index contributed by atoms with van der Waals surface area (Å²) in [4.78, 5) is 25.9. The van der Waals surface area contributed by atoms with E-state index in [9.17, 15) is 19.1 Å². The molecule has 2 aliphatic heterocycles. The number of ether oxygens (including phenoxy) is 1. The first-order chi connectivity index (χ1) is 20.5. The van der Waals surface area contributed by atoms with Gasteiger partial charge in [-0.3, -0.25) is 14.0 Å². The summed E-state index contributed by atoms with van der Waals surface area (Å²) in [6, 6.07) is 12.2. The Balaban J connectivity index is 1.51. The zero-order valence-corrected chi connectivity index (χ0v) is 24.6. The average Bonchev–Trinajstić information content (AvgIpc) is 3.60. The molecule has 5 atom stereocenters. The van der Waals surface area contributed by atoms with Crippen LogP contribution < -0.4 is 26.4 Å². The lowest BCUT2D eigenvalue weighted by Gasteiger charge is -2.41. The Morgan fingerprint density at radius 1 is 1.16 bits per heavy atom. The largest absolute Gasteiger partial charge is 0.495 e. The second-order valence-corrected chi connectivity index (χ2v) is 12.4. The Labute approximate surface area is 256 Å². The van der Waals surface area contributed by atoms with E-state index in [1.807, 2.05) is 0 Å². The minimum absolute atomic E-state index is 0.118. The number of amides is 2. The third-order valence-electron chi connectivity index (χ3n) is 9.22. The fraction of sp³-hybridized carbons (Fsp3) is 0.355. The maximum atomic E-state index is 16.0. The maximum Gasteiger partial charge on any atom is 0.248 e. The van der Waals surface area contributed by atoms with Gasteiger partial charge in [-0.25, -0.2) is 4.39 Å². The predicted octanol–water partition coefficient (Wildman–Crippen LogP) is 5.12. The standard InChI is InChI=1S/C31H30Cl2F2N4O4/c1-43-22-11-15(27(36)40)5-8-20(22)37-28(41)26-24(17-3-2-4-19(33)25(17)35)31(23(39-26)13-30(14-34)9-10-30)18-7-6-16(32)12-21(18)38-29(31)42/h2-8,11-12,23-24,26,29,38-39,42H,9-10,13-14H2,1H3,(H2,36,40)(H,37,41)/t23-,24-,26+,29?,31?/m0/s1. The molecule has 1 spiro atoms. The molecule has 6 rings (SSSR count). The van der Waals surface area contributed by atoms with E-state index in [2.05, 4.69) is 16.0 Å². The highest BCUT2D eigenvalue weighted by atomic mass is 35.5. The summed E-state index contributed by atoms with van der Waals surface area (Å²) in [6.07, 6.45) is 0.319. The molecule has 0 aromatic heterocycles. The van der Waals surface area contributed by atoms with Crippen molar-refractivity contribution >= 4 is 46.4 Å². The lowest BCUT2D eigenvalue weighted by Crippen LogP contribution is -2.52. The number of carbonyl (C=O) groups excluding carboxylic acids is 2. The molecule has 3 aliphatic rings. The Kier molecular flexibility index (Phi) is 7.53. The van der Waals surface area contributed by atoms with E-state index in [1.165, 1.54) is 31.4 Å². The molecule has 2 fully saturated rings. The molecule has 226 valence electrons. The summed E-state index contributed by atoms with van der Waals surface area (Å²) >= 11 is 12.6. The molecular weight excluding hydrogens is 601 g/mol. The van der Waals surface area contributed by atoms with E-state index >= 15 is 4.39 Å². The van der Waals surface area contributed by atoms with Gasteiger partial charge >= 0.3 is 0 Å². The molecular formula is C31H30Cl2F2N4O4. The summed E-state index contributed by atoms with van der Waals surface area (Å²) in [7, 11) is 1.38. The molecule has 12 heteroatoms. The molecule has 0 bridgehead atoms. The van der Waals surface area contributed by atoms with Crippen molar-refractivity contribution in [2.24, 2.45) is 11.1 Å². The van der Waals surface area contributed by atoms with Crippen LogP contribution in [0.3, 0.4) is 0 Å². The van der Waals surface area contributed by atoms with Gasteiger partial charge in [-0.2, -0.15) is 0 Å². The Morgan fingerprint density at radius 2 is 1.93 bits per heavy atom. The number of aliphatic hydroxyl groups excluding tert-OH is 1. The van der Waals surface area contributed by atoms with Gasteiger partial charge in [-0.05, 0) is 66.8 Å². The summed E-state index contributed by atoms with van der Waals surface area (Å²) in [5.74, 6) is -2.77. The van der Waals surface area contributed by atoms with Crippen LogP contribution in [-0.2, 0) is 10.2 Å². The van der Waals surface area contributed by atoms with Crippen LogP contribution in [-0.4, -0.2) is 49.0 Å². The van der Waals surface area contributed by atoms with E-state index in [1.54, 1.807) is 30.3 Å². The summed E-state index contributed by atoms with van der Waals surface area (Å²) in [5, 5.41) is 21.5. The number of carbonyl (C=O) groups is 2. The average molecular weight is 632 g/mol. The number of benzene rings is 3. The fourth-order valence-corrected chi connectivity index (χ4v) is 7.25. The van der Waals surface area contributed by atoms with Crippen LogP contribution in [0.2, 0.25) is 10.0 Å². The van der Waals surface area contributed by atoms with E-state index < -0.39 is 59.4 Å². The van der Waals surface area contributed by atoms with Gasteiger partial charge in [0.2, 0.25) is 11.8 Å². The topological polar surface area (TPSA) is 126 Å². The molecule has 1 saturated heterocycles. The number of fused-ring (bicyclic) bond motifs is 2. The highest BCUT2D eigenvalue weighted by molar-refractivity contribution is 6.31. The lowest BCUT2D eigenvalue weighted by atomic mass is 9.62. The van der Waals surface area contributed by atoms with Crippen LogP contribution in [0.1, 0.15) is 46.7 Å². The van der Waals surface area contributed by atoms with Crippen molar-refractivity contribution in [3.63, 3.8) is 0 Å². The number of nitrogens with one attached hydrogen (secondary N) is 3. The second kappa shape index (κ2) is 10.9. The highest BCUT2D eigenvalue weighted by Gasteiger charge is 2.67. The minimum atomic E-state index is -1.32. The number of rotatable bonds is 8. The number of halogens is 4. The third-order valence-corrected chi connectivity index (χ3v) is 9.75. The number of hydrogen-bond acceptors (Lipinski definition) is 6. The second-order valence-electron chi connectivity index (χ2n) is 11.6. The van der Waals surface area contributed by atoms with Gasteiger partial charge in [0.1, 0.15) is 17.8 Å². The van der Waals surface area contributed by atoms with Gasteiger partial charge in [0.05, 0.1) is 36.0 Å². The minimum Gasteiger partial charge on any atom is -0.495 e. The van der Waals surface area contributed by atoms with Gasteiger partial charge in [-0.1, -0.05) is 41.4 Å². The number of methoxy groups -OCH3 is 1. The van der Waals surface area contributed by atoms with Gasteiger partial charge in [0, 0.05) is 33.6 Å². The summed E-state index contributed by atoms with van der Waals surface area (Å²) in [5.41, 5.74) is 5.18. The zero-order chi connectivity index (χ0) is 30.7. The molecule has 2 heterocycles. The molecule has 1 aliphatic carbocycles. The first-order valence-corrected chi connectivity index (χ1v) is 14.6. The molecule has 2 unspecified atom stereocenters. The highest BCUT2D eigenvalue weighted by Crippen LogP contribution is 2.61. The lowest BCUT2D eigenvalue weighted by molar-refractivity contribution is -0.118. The molecule has 3 aromatic carbocycles. The quantitative estimate of drug-likeness (QED) is 0.235. The van der Waals surface area contributed by atoms with Crippen LogP contribution in [0.15, 0.2) is 54.6 Å². The molecule has 1 saturated carbocycles. The van der Waals surface area contributed by atoms with Gasteiger partial charge in [0.15, 0.2) is 0 Å².